The number of aryl methyl sites for hydroxylation is 2. The fraction of sp³-hybridized carbons (Fsp3) is 0.250. The molecule has 0 saturated carbocycles. The molecule has 1 N–H and O–H groups in total. The third-order valence-electron chi connectivity index (χ3n) is 5.27. The van der Waals surface area contributed by atoms with Gasteiger partial charge in [-0.25, -0.2) is 18.9 Å². The summed E-state index contributed by atoms with van der Waals surface area (Å²) in [5.74, 6) is 0.402. The zero-order valence-corrected chi connectivity index (χ0v) is 19.7. The van der Waals surface area contributed by atoms with Gasteiger partial charge in [-0.05, 0) is 50.1 Å². The van der Waals surface area contributed by atoms with E-state index in [0.717, 1.165) is 20.7 Å². The highest BCUT2D eigenvalue weighted by atomic mass is 32.2. The Kier molecular flexibility index (Phi) is 6.50. The van der Waals surface area contributed by atoms with E-state index in [9.17, 15) is 9.59 Å². The van der Waals surface area contributed by atoms with Gasteiger partial charge in [0, 0.05) is 17.3 Å². The van der Waals surface area contributed by atoms with E-state index < -0.39 is 0 Å². The van der Waals surface area contributed by atoms with Gasteiger partial charge < -0.3 is 10.1 Å². The predicted molar refractivity (Wildman–Crippen MR) is 127 cm³/mol. The summed E-state index contributed by atoms with van der Waals surface area (Å²) >= 11 is 1.45. The van der Waals surface area contributed by atoms with E-state index in [-0.39, 0.29) is 24.2 Å². The van der Waals surface area contributed by atoms with E-state index in [0.29, 0.717) is 16.4 Å². The van der Waals surface area contributed by atoms with Crippen molar-refractivity contribution in [1.82, 2.24) is 24.5 Å². The van der Waals surface area contributed by atoms with E-state index >= 15 is 0 Å². The van der Waals surface area contributed by atoms with Crippen LogP contribution in [0.25, 0.3) is 5.65 Å². The van der Waals surface area contributed by atoms with Gasteiger partial charge in [-0.2, -0.15) is 0 Å². The molecule has 4 rings (SSSR count). The summed E-state index contributed by atoms with van der Waals surface area (Å²) in [4.78, 5) is 31.0. The average molecular weight is 464 g/mol. The van der Waals surface area contributed by atoms with Crippen molar-refractivity contribution in [1.29, 1.82) is 0 Å². The summed E-state index contributed by atoms with van der Waals surface area (Å²) in [6, 6.07) is 13.4. The fourth-order valence-electron chi connectivity index (χ4n) is 3.54. The standard InChI is InChI=1S/C24H25N5O3S/c1-15-8-9-20(16(2)12-15)33-23-22-27-29(24(31)28(22)11-10-25-23)14-21(30)26-17(3)18-6-5-7-19(13-18)32-4/h5-13,17H,14H2,1-4H3,(H,26,30). The summed E-state index contributed by atoms with van der Waals surface area (Å²) in [5.41, 5.74) is 3.23. The minimum Gasteiger partial charge on any atom is -0.497 e. The maximum absolute atomic E-state index is 12.8. The second kappa shape index (κ2) is 9.50. The molecule has 1 atom stereocenters. The van der Waals surface area contributed by atoms with Crippen LogP contribution in [0.5, 0.6) is 5.75 Å². The summed E-state index contributed by atoms with van der Waals surface area (Å²) in [5, 5.41) is 7.92. The van der Waals surface area contributed by atoms with E-state index in [4.69, 9.17) is 4.74 Å². The number of rotatable bonds is 7. The van der Waals surface area contributed by atoms with E-state index in [1.165, 1.54) is 21.7 Å². The van der Waals surface area contributed by atoms with Gasteiger partial charge >= 0.3 is 5.69 Å². The van der Waals surface area contributed by atoms with Crippen molar-refractivity contribution < 1.29 is 9.53 Å². The van der Waals surface area contributed by atoms with Gasteiger partial charge in [0.2, 0.25) is 5.91 Å². The first kappa shape index (κ1) is 22.6. The largest absolute Gasteiger partial charge is 0.497 e. The monoisotopic (exact) mass is 463 g/mol. The lowest BCUT2D eigenvalue weighted by Gasteiger charge is -2.15. The number of hydrogen-bond donors (Lipinski definition) is 1. The van der Waals surface area contributed by atoms with Gasteiger partial charge in [0.25, 0.3) is 0 Å². The molecule has 2 aromatic carbocycles. The number of aromatic nitrogens is 4. The number of hydrogen-bond acceptors (Lipinski definition) is 6. The Balaban J connectivity index is 1.54. The van der Waals surface area contributed by atoms with Crippen LogP contribution in [0.1, 0.15) is 29.7 Å². The van der Waals surface area contributed by atoms with Crippen LogP contribution in [0.4, 0.5) is 0 Å². The lowest BCUT2D eigenvalue weighted by Crippen LogP contribution is -2.34. The molecule has 0 aliphatic heterocycles. The maximum Gasteiger partial charge on any atom is 0.350 e. The summed E-state index contributed by atoms with van der Waals surface area (Å²) in [6.45, 7) is 5.76. The first-order chi connectivity index (χ1) is 15.9. The molecule has 0 saturated heterocycles. The number of methoxy groups -OCH3 is 1. The van der Waals surface area contributed by atoms with E-state index in [2.05, 4.69) is 21.5 Å². The van der Waals surface area contributed by atoms with Crippen molar-refractivity contribution in [2.45, 2.75) is 43.3 Å². The number of carbonyl (C=O) groups excluding carboxylic acids is 1. The van der Waals surface area contributed by atoms with Crippen molar-refractivity contribution in [3.63, 3.8) is 0 Å². The van der Waals surface area contributed by atoms with Crippen LogP contribution in [-0.4, -0.2) is 32.2 Å². The molecule has 33 heavy (non-hydrogen) atoms. The van der Waals surface area contributed by atoms with E-state index in [1.807, 2.05) is 57.2 Å². The third-order valence-corrected chi connectivity index (χ3v) is 6.43. The SMILES string of the molecule is COc1cccc(C(C)NC(=O)Cn2nc3c(Sc4ccc(C)cc4C)nccn3c2=O)c1. The highest BCUT2D eigenvalue weighted by Crippen LogP contribution is 2.31. The second-order valence-electron chi connectivity index (χ2n) is 7.80. The second-order valence-corrected chi connectivity index (χ2v) is 8.83. The van der Waals surface area contributed by atoms with Gasteiger partial charge in [-0.1, -0.05) is 41.6 Å². The van der Waals surface area contributed by atoms with Gasteiger partial charge in [0.05, 0.1) is 13.2 Å². The van der Waals surface area contributed by atoms with Gasteiger partial charge in [0.1, 0.15) is 17.3 Å². The first-order valence-electron chi connectivity index (χ1n) is 10.5. The minimum absolute atomic E-state index is 0.192. The molecule has 1 amide bonds. The lowest BCUT2D eigenvalue weighted by molar-refractivity contribution is -0.122. The Morgan fingerprint density at radius 1 is 1.21 bits per heavy atom. The van der Waals surface area contributed by atoms with Crippen LogP contribution in [0.15, 0.2) is 69.6 Å². The first-order valence-corrected chi connectivity index (χ1v) is 11.3. The molecule has 4 aromatic rings. The number of ether oxygens (including phenoxy) is 1. The van der Waals surface area contributed by atoms with Crippen LogP contribution in [0.3, 0.4) is 0 Å². The number of carbonyl (C=O) groups is 1. The zero-order valence-electron chi connectivity index (χ0n) is 18.9. The number of nitrogens with zero attached hydrogens (tertiary/aromatic N) is 4. The van der Waals surface area contributed by atoms with Crippen molar-refractivity contribution >= 4 is 23.3 Å². The summed E-state index contributed by atoms with van der Waals surface area (Å²) in [7, 11) is 1.60. The molecule has 8 nitrogen and oxygen atoms in total. The number of benzene rings is 2. The van der Waals surface area contributed by atoms with Gasteiger partial charge in [0.15, 0.2) is 5.65 Å². The Morgan fingerprint density at radius 3 is 2.79 bits per heavy atom. The van der Waals surface area contributed by atoms with Crippen molar-refractivity contribution in [3.05, 3.63) is 82.0 Å². The number of fused-ring (bicyclic) bond motifs is 1. The van der Waals surface area contributed by atoms with Crippen molar-refractivity contribution in [2.24, 2.45) is 0 Å². The van der Waals surface area contributed by atoms with Crippen LogP contribution in [-0.2, 0) is 11.3 Å². The molecule has 170 valence electrons. The molecule has 0 fully saturated rings. The summed E-state index contributed by atoms with van der Waals surface area (Å²) in [6.07, 6.45) is 3.13. The van der Waals surface area contributed by atoms with Gasteiger partial charge in [-0.3, -0.25) is 4.79 Å². The Hall–Kier alpha value is -3.59. The molecule has 0 bridgehead atoms. The highest BCUT2D eigenvalue weighted by molar-refractivity contribution is 7.99. The fourth-order valence-corrected chi connectivity index (χ4v) is 4.44. The lowest BCUT2D eigenvalue weighted by atomic mass is 10.1. The van der Waals surface area contributed by atoms with Crippen LogP contribution in [0, 0.1) is 13.8 Å². The average Bonchev–Trinajstić information content (AvgIpc) is 3.11. The highest BCUT2D eigenvalue weighted by Gasteiger charge is 2.17. The Labute approximate surface area is 195 Å². The quantitative estimate of drug-likeness (QED) is 0.451. The smallest absolute Gasteiger partial charge is 0.350 e. The van der Waals surface area contributed by atoms with Crippen LogP contribution < -0.4 is 15.7 Å². The van der Waals surface area contributed by atoms with Crippen LogP contribution in [0.2, 0.25) is 0 Å². The third kappa shape index (κ3) is 4.93. The minimum atomic E-state index is -0.390. The van der Waals surface area contributed by atoms with Crippen LogP contribution >= 0.6 is 11.8 Å². The molecule has 0 radical (unpaired) electrons. The van der Waals surface area contributed by atoms with Crippen molar-refractivity contribution in [2.75, 3.05) is 7.11 Å². The Bertz CT molecular complexity index is 1380. The topological polar surface area (TPSA) is 90.5 Å². The van der Waals surface area contributed by atoms with E-state index in [1.54, 1.807) is 19.5 Å². The molecular formula is C24H25N5O3S. The summed E-state index contributed by atoms with van der Waals surface area (Å²) < 4.78 is 7.82. The van der Waals surface area contributed by atoms with Gasteiger partial charge in [-0.15, -0.1) is 5.10 Å². The Morgan fingerprint density at radius 2 is 2.03 bits per heavy atom. The number of nitrogens with one attached hydrogen (secondary N) is 1. The molecule has 0 aliphatic carbocycles. The van der Waals surface area contributed by atoms with Crippen molar-refractivity contribution in [3.8, 4) is 5.75 Å². The molecule has 2 aromatic heterocycles. The predicted octanol–water partition coefficient (Wildman–Crippen LogP) is 3.55. The molecular weight excluding hydrogens is 438 g/mol. The molecule has 0 spiro atoms. The molecule has 2 heterocycles. The molecule has 1 unspecified atom stereocenters. The molecule has 9 heteroatoms. The zero-order chi connectivity index (χ0) is 23.5. The molecule has 0 aliphatic rings. The number of amides is 1. The maximum atomic E-state index is 12.8. The normalized spacial score (nSPS) is 12.0.